The van der Waals surface area contributed by atoms with Crippen molar-refractivity contribution in [2.45, 2.75) is 37.8 Å². The fraction of sp³-hybridized carbons (Fsp3) is 0.562. The molecule has 2 aliphatic heterocycles. The van der Waals surface area contributed by atoms with Crippen molar-refractivity contribution in [3.05, 3.63) is 33.2 Å². The van der Waals surface area contributed by atoms with E-state index in [0.29, 0.717) is 0 Å². The zero-order valence-electron chi connectivity index (χ0n) is 13.8. The van der Waals surface area contributed by atoms with Gasteiger partial charge in [0.15, 0.2) is 5.92 Å². The Morgan fingerprint density at radius 2 is 2.12 bits per heavy atom. The van der Waals surface area contributed by atoms with Gasteiger partial charge in [0.1, 0.15) is 11.6 Å². The Morgan fingerprint density at radius 3 is 2.65 bits per heavy atom. The molecule has 10 heteroatoms. The Balaban J connectivity index is 2.24. The van der Waals surface area contributed by atoms with Gasteiger partial charge in [0.25, 0.3) is 5.56 Å². The number of pyridine rings is 1. The molecule has 0 bridgehead atoms. The molecule has 3 rings (SSSR count). The lowest BCUT2D eigenvalue weighted by molar-refractivity contribution is -0.181. The highest BCUT2D eigenvalue weighted by Gasteiger charge is 2.51. The van der Waals surface area contributed by atoms with Crippen LogP contribution in [0.1, 0.15) is 36.1 Å². The third kappa shape index (κ3) is 2.77. The Hall–Kier alpha value is -2.38. The lowest BCUT2D eigenvalue weighted by Crippen LogP contribution is -2.35. The maximum Gasteiger partial charge on any atom is 0.406 e. The van der Waals surface area contributed by atoms with E-state index >= 15 is 0 Å². The van der Waals surface area contributed by atoms with Crippen molar-refractivity contribution in [1.82, 2.24) is 4.57 Å². The smallest absolute Gasteiger partial charge is 0.406 e. The van der Waals surface area contributed by atoms with E-state index in [1.54, 1.807) is 0 Å². The van der Waals surface area contributed by atoms with E-state index in [9.17, 15) is 28.0 Å². The number of fused-ring (bicyclic) bond motifs is 2. The van der Waals surface area contributed by atoms with Crippen molar-refractivity contribution in [2.24, 2.45) is 0 Å². The van der Waals surface area contributed by atoms with Crippen LogP contribution in [0.4, 0.5) is 13.2 Å². The van der Waals surface area contributed by atoms with Crippen LogP contribution in [0.5, 0.6) is 0 Å². The molecule has 0 radical (unpaired) electrons. The van der Waals surface area contributed by atoms with Crippen LogP contribution in [0.3, 0.4) is 0 Å². The van der Waals surface area contributed by atoms with Crippen molar-refractivity contribution in [3.8, 4) is 6.07 Å². The van der Waals surface area contributed by atoms with E-state index in [-0.39, 0.29) is 38.5 Å². The summed E-state index contributed by atoms with van der Waals surface area (Å²) in [4.78, 5) is 24.5. The fourth-order valence-electron chi connectivity index (χ4n) is 3.34. The molecule has 1 spiro atoms. The summed E-state index contributed by atoms with van der Waals surface area (Å²) in [5, 5.41) is 9.27. The number of ether oxygens (including phenoxy) is 3. The van der Waals surface area contributed by atoms with Crippen molar-refractivity contribution >= 4 is 5.97 Å². The molecule has 1 aromatic rings. The molecule has 1 fully saturated rings. The number of hydrogen-bond acceptors (Lipinski definition) is 6. The molecule has 1 atom stereocenters. The second-order valence-electron chi connectivity index (χ2n) is 5.86. The first-order chi connectivity index (χ1) is 12.2. The van der Waals surface area contributed by atoms with Crippen LogP contribution in [0, 0.1) is 11.3 Å². The van der Waals surface area contributed by atoms with E-state index in [1.165, 1.54) is 13.0 Å². The summed E-state index contributed by atoms with van der Waals surface area (Å²) in [6.45, 7) is 1.68. The topological polar surface area (TPSA) is 90.6 Å². The normalized spacial score (nSPS) is 19.2. The predicted molar refractivity (Wildman–Crippen MR) is 79.0 cm³/mol. The number of nitriles is 1. The number of hydrogen-bond donors (Lipinski definition) is 0. The summed E-state index contributed by atoms with van der Waals surface area (Å²) < 4.78 is 57.4. The standard InChI is InChI=1S/C16H15F3N2O5/c1-2-24-14(23)12(16(17,18)19)9-7-11-15(25-5-6-26-15)3-4-21(11)13(22)10(9)8-20/h7,12H,2-6H2,1H3. The van der Waals surface area contributed by atoms with Crippen LogP contribution in [-0.4, -0.2) is 36.5 Å². The summed E-state index contributed by atoms with van der Waals surface area (Å²) in [6, 6.07) is 2.51. The van der Waals surface area contributed by atoms with E-state index in [1.807, 2.05) is 0 Å². The quantitative estimate of drug-likeness (QED) is 0.748. The number of rotatable bonds is 3. The largest absolute Gasteiger partial charge is 0.465 e. The minimum atomic E-state index is -5.04. The zero-order valence-corrected chi connectivity index (χ0v) is 13.8. The Bertz CT molecular complexity index is 834. The Labute approximate surface area is 145 Å². The van der Waals surface area contributed by atoms with Crippen molar-refractivity contribution in [2.75, 3.05) is 19.8 Å². The average molecular weight is 372 g/mol. The van der Waals surface area contributed by atoms with Crippen LogP contribution < -0.4 is 5.56 Å². The minimum absolute atomic E-state index is 0.0764. The van der Waals surface area contributed by atoms with Crippen LogP contribution >= 0.6 is 0 Å². The van der Waals surface area contributed by atoms with Crippen LogP contribution in [0.25, 0.3) is 0 Å². The summed E-state index contributed by atoms with van der Waals surface area (Å²) in [6.07, 6.45) is -4.81. The van der Waals surface area contributed by atoms with Gasteiger partial charge in [0.05, 0.1) is 25.5 Å². The van der Waals surface area contributed by atoms with E-state index in [4.69, 9.17) is 9.47 Å². The summed E-state index contributed by atoms with van der Waals surface area (Å²) in [5.41, 5.74) is -2.31. The van der Waals surface area contributed by atoms with E-state index < -0.39 is 40.5 Å². The molecule has 0 aliphatic carbocycles. The highest BCUT2D eigenvalue weighted by Crippen LogP contribution is 2.43. The van der Waals surface area contributed by atoms with Crippen LogP contribution in [-0.2, 0) is 31.3 Å². The van der Waals surface area contributed by atoms with E-state index in [0.717, 1.165) is 10.6 Å². The summed E-state index contributed by atoms with van der Waals surface area (Å²) in [5.74, 6) is -5.64. The SMILES string of the molecule is CCOC(=O)C(c1cc2n(c(=O)c1C#N)CCC21OCCO1)C(F)(F)F. The molecule has 7 nitrogen and oxygen atoms in total. The maximum atomic E-state index is 13.6. The molecular weight excluding hydrogens is 357 g/mol. The van der Waals surface area contributed by atoms with Gasteiger partial charge in [0, 0.05) is 18.5 Å². The monoisotopic (exact) mass is 372 g/mol. The minimum Gasteiger partial charge on any atom is -0.465 e. The second kappa shape index (κ2) is 6.41. The highest BCUT2D eigenvalue weighted by molar-refractivity contribution is 5.80. The number of esters is 1. The van der Waals surface area contributed by atoms with Crippen molar-refractivity contribution in [1.29, 1.82) is 5.26 Å². The van der Waals surface area contributed by atoms with Gasteiger partial charge in [-0.2, -0.15) is 18.4 Å². The Kier molecular flexibility index (Phi) is 4.54. The molecular formula is C16H15F3N2O5. The van der Waals surface area contributed by atoms with Gasteiger partial charge in [-0.25, -0.2) is 0 Å². The first-order valence-electron chi connectivity index (χ1n) is 7.94. The average Bonchev–Trinajstić information content (AvgIpc) is 3.16. The molecule has 0 aromatic carbocycles. The molecule has 140 valence electrons. The number of nitrogens with zero attached hydrogens (tertiary/aromatic N) is 2. The van der Waals surface area contributed by atoms with Gasteiger partial charge < -0.3 is 18.8 Å². The molecule has 26 heavy (non-hydrogen) atoms. The number of aromatic nitrogens is 1. The third-order valence-electron chi connectivity index (χ3n) is 4.41. The number of alkyl halides is 3. The first kappa shape index (κ1) is 18.4. The third-order valence-corrected chi connectivity index (χ3v) is 4.41. The molecule has 1 saturated heterocycles. The fourth-order valence-corrected chi connectivity index (χ4v) is 3.34. The molecule has 3 heterocycles. The predicted octanol–water partition coefficient (Wildman–Crippen LogP) is 1.53. The maximum absolute atomic E-state index is 13.6. The first-order valence-corrected chi connectivity index (χ1v) is 7.94. The number of carbonyl (C=O) groups is 1. The van der Waals surface area contributed by atoms with Gasteiger partial charge in [-0.15, -0.1) is 0 Å². The van der Waals surface area contributed by atoms with E-state index in [2.05, 4.69) is 4.74 Å². The highest BCUT2D eigenvalue weighted by atomic mass is 19.4. The van der Waals surface area contributed by atoms with Gasteiger partial charge >= 0.3 is 12.1 Å². The van der Waals surface area contributed by atoms with Gasteiger partial charge in [-0.05, 0) is 13.0 Å². The lowest BCUT2D eigenvalue weighted by atomic mass is 9.93. The van der Waals surface area contributed by atoms with Gasteiger partial charge in [-0.1, -0.05) is 0 Å². The van der Waals surface area contributed by atoms with Crippen LogP contribution in [0.2, 0.25) is 0 Å². The zero-order chi connectivity index (χ0) is 19.1. The molecule has 0 N–H and O–H groups in total. The number of carbonyl (C=O) groups excluding carboxylic acids is 1. The van der Waals surface area contributed by atoms with Crippen molar-refractivity contribution < 1.29 is 32.2 Å². The second-order valence-corrected chi connectivity index (χ2v) is 5.86. The van der Waals surface area contributed by atoms with Crippen molar-refractivity contribution in [3.63, 3.8) is 0 Å². The summed E-state index contributed by atoms with van der Waals surface area (Å²) >= 11 is 0. The molecule has 1 aromatic heterocycles. The lowest BCUT2D eigenvalue weighted by Gasteiger charge is -2.25. The Morgan fingerprint density at radius 1 is 1.46 bits per heavy atom. The van der Waals surface area contributed by atoms with Gasteiger partial charge in [-0.3, -0.25) is 9.59 Å². The van der Waals surface area contributed by atoms with Gasteiger partial charge in [0.2, 0.25) is 5.79 Å². The molecule has 2 aliphatic rings. The van der Waals surface area contributed by atoms with Crippen LogP contribution in [0.15, 0.2) is 10.9 Å². The molecule has 0 saturated carbocycles. The summed E-state index contributed by atoms with van der Waals surface area (Å²) in [7, 11) is 0. The molecule has 1 unspecified atom stereocenters. The number of halogens is 3. The molecule has 0 amide bonds.